The van der Waals surface area contributed by atoms with Gasteiger partial charge in [0.25, 0.3) is 5.91 Å². The number of phenolic OH excluding ortho intramolecular Hbond substituents is 1. The van der Waals surface area contributed by atoms with Gasteiger partial charge in [-0.05, 0) is 92.5 Å². The summed E-state index contributed by atoms with van der Waals surface area (Å²) >= 11 is 24.5. The summed E-state index contributed by atoms with van der Waals surface area (Å²) in [7, 11) is 3.07. The number of nitrogen functional groups attached to an aromatic ring is 1. The number of hydrogen-bond donors (Lipinski definition) is 12. The molecule has 0 unspecified atom stereocenters. The average molecular weight is 1790 g/mol. The molecule has 121 heavy (non-hydrogen) atoms. The van der Waals surface area contributed by atoms with Crippen LogP contribution in [0.4, 0.5) is 41.6 Å². The number of methoxy groups -OCH3 is 2. The zero-order chi connectivity index (χ0) is 88.7. The smallest absolute Gasteiger partial charge is 0.475 e. The number of nitrogens with zero attached hydrogens (tertiary/aromatic N) is 5. The van der Waals surface area contributed by atoms with Gasteiger partial charge < -0.3 is 66.9 Å². The number of ether oxygens (including phenoxy) is 6. The van der Waals surface area contributed by atoms with Crippen molar-refractivity contribution in [2.45, 2.75) is 19.8 Å². The van der Waals surface area contributed by atoms with Gasteiger partial charge in [-0.1, -0.05) is 34.8 Å². The molecule has 0 spiro atoms. The fourth-order valence-electron chi connectivity index (χ4n) is 9.02. The minimum Gasteiger partial charge on any atom is -0.475 e. The maximum Gasteiger partial charge on any atom is 0.490 e. The number of phenols is 1. The molecule has 0 aliphatic carbocycles. The Morgan fingerprint density at radius 3 is 1.13 bits per heavy atom. The van der Waals surface area contributed by atoms with Gasteiger partial charge in [0.2, 0.25) is 0 Å². The third-order valence-electron chi connectivity index (χ3n) is 14.5. The first-order valence-electron chi connectivity index (χ1n) is 34.3. The number of rotatable bonds is 24. The number of hydrogen-bond acceptors (Lipinski definition) is 32. The van der Waals surface area contributed by atoms with Gasteiger partial charge in [0.1, 0.15) is 17.2 Å². The third-order valence-corrected chi connectivity index (χ3v) is 18.9. The first kappa shape index (κ1) is 97.0. The van der Waals surface area contributed by atoms with Crippen LogP contribution in [0.5, 0.6) is 51.7 Å². The van der Waals surface area contributed by atoms with E-state index in [1.54, 1.807) is 166 Å². The van der Waals surface area contributed by atoms with Crippen LogP contribution < -0.4 is 57.2 Å². The molecule has 14 N–H and O–H groups in total. The molecule has 0 radical (unpaired) electrons. The van der Waals surface area contributed by atoms with E-state index in [0.717, 1.165) is 67.3 Å². The number of carboxylic acid groups (broad SMARTS) is 1. The largest absolute Gasteiger partial charge is 0.490 e. The number of thiol groups is 1. The molecule has 0 atom stereocenters. The van der Waals surface area contributed by atoms with Crippen LogP contribution in [0.15, 0.2) is 201 Å². The van der Waals surface area contributed by atoms with E-state index in [0.29, 0.717) is 84.5 Å². The molecule has 5 aromatic carbocycles. The van der Waals surface area contributed by atoms with Crippen LogP contribution in [0.25, 0.3) is 30.3 Å². The van der Waals surface area contributed by atoms with Crippen molar-refractivity contribution in [2.75, 3.05) is 59.7 Å². The molecule has 0 saturated carbocycles. The predicted molar refractivity (Wildman–Crippen MR) is 464 cm³/mol. The molecule has 13 aromatic rings. The fraction of sp³-hybridized carbons (Fsp3) is 0.105. The van der Waals surface area contributed by atoms with E-state index >= 15 is 0 Å². The zero-order valence-electron chi connectivity index (χ0n) is 63.5. The minimum atomic E-state index is -5.08. The number of carboxylic acids is 1. The molecule has 8 aromatic heterocycles. The number of halogens is 6. The van der Waals surface area contributed by atoms with Crippen molar-refractivity contribution < 1.29 is 105 Å². The van der Waals surface area contributed by atoms with Crippen molar-refractivity contribution in [3.8, 4) is 51.7 Å². The SMILES string of the molecule is CB(O)Nc1ccc(O)cc1.CB(O)Nc1ccc(Oc2cncc(Cl)c2C=O)cc1.COC(=O)CS.COC(=O)c1cc2c(Oc3ccc(NCB=O)cc3)cncc2s1.NC(=O)c1cc2c(Oc3ccc(N)cc3)cncc2s1.NC(=O)c1cc2c(Oc3ccc(NCB=O)cc3)cncc2s1.O=C(O)C(F)(F)F.O=Cc1c(Cl)cncc1Cl. The van der Waals surface area contributed by atoms with Crippen LogP contribution in [0.3, 0.4) is 0 Å². The van der Waals surface area contributed by atoms with Gasteiger partial charge in [-0.15, -0.1) is 11.3 Å². The number of amides is 2. The topological polar surface area (TPSA) is 481 Å². The molecule has 13 rings (SSSR count). The van der Waals surface area contributed by atoms with Crippen molar-refractivity contribution in [1.82, 2.24) is 24.9 Å². The molecule has 0 aliphatic heterocycles. The van der Waals surface area contributed by atoms with E-state index in [1.807, 2.05) is 24.3 Å². The number of alkyl halides is 3. The van der Waals surface area contributed by atoms with Gasteiger partial charge in [0.15, 0.2) is 24.1 Å². The number of aldehydes is 2. The molecule has 45 heteroatoms. The van der Waals surface area contributed by atoms with E-state index < -0.39 is 38.1 Å². The summed E-state index contributed by atoms with van der Waals surface area (Å²) in [5.41, 5.74) is 20.7. The number of aromatic nitrogens is 5. The zero-order valence-corrected chi connectivity index (χ0v) is 69.1. The number of aromatic hydroxyl groups is 1. The molecule has 0 aliphatic rings. The van der Waals surface area contributed by atoms with Crippen molar-refractivity contribution in [1.29, 1.82) is 0 Å². The number of nitrogens with two attached hydrogens (primary N) is 3. The number of carbonyl (C=O) groups is 7. The number of primary amides is 2. The van der Waals surface area contributed by atoms with Crippen molar-refractivity contribution in [2.24, 2.45) is 11.5 Å². The van der Waals surface area contributed by atoms with Crippen molar-refractivity contribution in [3.63, 3.8) is 0 Å². The summed E-state index contributed by atoms with van der Waals surface area (Å²) in [5, 5.41) is 48.9. The fourth-order valence-corrected chi connectivity index (χ4v) is 12.6. The summed E-state index contributed by atoms with van der Waals surface area (Å²) < 4.78 is 87.0. The van der Waals surface area contributed by atoms with Crippen LogP contribution in [0, 0.1) is 0 Å². The maximum atomic E-state index is 11.7. The number of benzene rings is 5. The molecule has 624 valence electrons. The number of esters is 2. The summed E-state index contributed by atoms with van der Waals surface area (Å²) in [6.07, 6.45) is 12.1. The first-order valence-corrected chi connectivity index (χ1v) is 38.5. The second kappa shape index (κ2) is 49.6. The summed E-state index contributed by atoms with van der Waals surface area (Å²) in [6, 6.07) is 40.1. The average Bonchev–Trinajstić information content (AvgIpc) is 1.67. The van der Waals surface area contributed by atoms with Crippen LogP contribution in [0.1, 0.15) is 49.7 Å². The Balaban J connectivity index is 0.000000222. The number of aliphatic carboxylic acids is 1. The second-order valence-electron chi connectivity index (χ2n) is 23.4. The number of carbonyl (C=O) groups excluding carboxylic acids is 6. The standard InChI is InChI=1S/C16H13BN2O4S.C15H12BN3O3S.C14H11N3O2S.C13H12BClN2O3.C7H10BNO2.C6H3Cl2NO.C3H6O2S.C2HF3O2/c1-22-16(20)14-6-12-13(7-18-8-15(12)24-14)23-11-4-2-10(3-5-11)19-9-17-21;17-15(20)13-5-11-12(6-18-7-14(11)23-13)22-10-3-1-9(2-4-10)19-8-16-21;15-8-1-3-9(4-2-8)19-11-6-17-7-13-10(11)5-12(20-13)14(16)18;1-14(19)17-9-2-4-10(5-3-9)20-13-7-16-6-12(15)11(13)8-18;1-8(11)9-6-2-4-7(10)5-3-6;7-5-1-9-2-6(8)4(5)3-10;1-5-3(4)2-6;3-2(4,5)1(6)7/h2-8,19H,9H2,1H3;1-7,19H,8H2,(H2,17,20);1-7H,15H2,(H2,16,18);2-8,17,19H,1H3;2-5,9-11H,1H3;1-3H;6H,2H2,1H3;(H,6,7). The van der Waals surface area contributed by atoms with Crippen LogP contribution in [-0.4, -0.2) is 155 Å². The molecule has 2 amide bonds. The number of thiophene rings is 3. The normalized spacial score (nSPS) is 10.0. The van der Waals surface area contributed by atoms with Gasteiger partial charge >= 0.3 is 283 Å². The molecule has 0 saturated heterocycles. The van der Waals surface area contributed by atoms with E-state index in [-0.39, 0.29) is 57.0 Å². The summed E-state index contributed by atoms with van der Waals surface area (Å²) in [5.74, 6) is 0.471. The van der Waals surface area contributed by atoms with Gasteiger partial charge in [-0.3, -0.25) is 38.9 Å². The second-order valence-corrected chi connectivity index (χ2v) is 28.1. The molecule has 0 fully saturated rings. The van der Waals surface area contributed by atoms with Crippen LogP contribution in [-0.2, 0) is 28.5 Å². The van der Waals surface area contributed by atoms with E-state index in [9.17, 15) is 56.4 Å². The van der Waals surface area contributed by atoms with E-state index in [2.05, 4.69) is 63.4 Å². The van der Waals surface area contributed by atoms with E-state index in [4.69, 9.17) is 95.7 Å². The molecule has 0 bridgehead atoms. The Kier molecular flexibility index (Phi) is 39.7. The van der Waals surface area contributed by atoms with Crippen molar-refractivity contribution >= 4 is 211 Å². The van der Waals surface area contributed by atoms with Gasteiger partial charge in [0.05, 0.1) is 68.1 Å². The third kappa shape index (κ3) is 32.5. The molecule has 8 heterocycles. The van der Waals surface area contributed by atoms with Gasteiger partial charge in [-0.2, -0.15) is 25.8 Å². The van der Waals surface area contributed by atoms with E-state index in [1.165, 1.54) is 73.0 Å². The Morgan fingerprint density at radius 2 is 0.818 bits per heavy atom. The molecule has 31 nitrogen and oxygen atoms in total. The Bertz CT molecular complexity index is 5610. The molecular weight excluding hydrogens is 1720 g/mol. The number of anilines is 5. The summed E-state index contributed by atoms with van der Waals surface area (Å²) in [4.78, 5) is 95.6. The Morgan fingerprint density at radius 1 is 0.504 bits per heavy atom. The monoisotopic (exact) mass is 1790 g/mol. The van der Waals surface area contributed by atoms with Crippen molar-refractivity contribution in [3.05, 3.63) is 242 Å². The summed E-state index contributed by atoms with van der Waals surface area (Å²) in [6.45, 7) is 3.26. The Labute approximate surface area is 720 Å². The quantitative estimate of drug-likeness (QED) is 0.00667. The van der Waals surface area contributed by atoms with Crippen LogP contribution in [0.2, 0.25) is 28.7 Å². The molecular formula is C76H68B4Cl3F3N12O19S4. The van der Waals surface area contributed by atoms with Gasteiger partial charge in [0, 0.05) is 47.2 Å². The number of fused-ring (bicyclic) bond motifs is 3. The predicted octanol–water partition coefficient (Wildman–Crippen LogP) is 15.4. The number of nitrogens with one attached hydrogen (secondary N) is 4. The van der Waals surface area contributed by atoms with Gasteiger partial charge in [-0.25, -0.2) is 9.59 Å². The maximum absolute atomic E-state index is 11.7. The Hall–Kier alpha value is -12.8. The minimum absolute atomic E-state index is 0.163. The first-order chi connectivity index (χ1) is 57.8. The van der Waals surface area contributed by atoms with Crippen LogP contribution >= 0.6 is 81.4 Å². The number of pyridine rings is 5.